The van der Waals surface area contributed by atoms with Crippen LogP contribution in [-0.4, -0.2) is 36.2 Å². The second-order valence-corrected chi connectivity index (χ2v) is 5.26. The van der Waals surface area contributed by atoms with Gasteiger partial charge in [0.1, 0.15) is 6.61 Å². The molecule has 0 aliphatic carbocycles. The fourth-order valence-electron chi connectivity index (χ4n) is 1.59. The van der Waals surface area contributed by atoms with Crippen LogP contribution in [0.1, 0.15) is 40.5 Å². The summed E-state index contributed by atoms with van der Waals surface area (Å²) in [6, 6.07) is -0.347. The van der Waals surface area contributed by atoms with Crippen LogP contribution in [0.15, 0.2) is 0 Å². The Hall–Kier alpha value is -1.10. The van der Waals surface area contributed by atoms with E-state index in [1.807, 2.05) is 20.8 Å². The highest BCUT2D eigenvalue weighted by atomic mass is 16.5. The van der Waals surface area contributed by atoms with Crippen LogP contribution in [0.2, 0.25) is 0 Å². The van der Waals surface area contributed by atoms with E-state index in [1.165, 1.54) is 0 Å². The number of amides is 1. The predicted molar refractivity (Wildman–Crippen MR) is 64.7 cm³/mol. The van der Waals surface area contributed by atoms with E-state index < -0.39 is 5.97 Å². The summed E-state index contributed by atoms with van der Waals surface area (Å²) in [5.74, 6) is -1.17. The van der Waals surface area contributed by atoms with Crippen molar-refractivity contribution in [1.29, 1.82) is 0 Å². The van der Waals surface area contributed by atoms with Gasteiger partial charge in [0.2, 0.25) is 5.91 Å². The van der Waals surface area contributed by atoms with Gasteiger partial charge in [-0.25, -0.2) is 0 Å². The highest BCUT2D eigenvalue weighted by Gasteiger charge is 2.22. The number of carbonyl (C=O) groups excluding carboxylic acids is 1. The number of nitrogens with one attached hydrogen (secondary N) is 1. The molecule has 1 atom stereocenters. The van der Waals surface area contributed by atoms with E-state index >= 15 is 0 Å². The predicted octanol–water partition coefficient (Wildman–Crippen LogP) is 1.42. The number of hydrogen-bond donors (Lipinski definition) is 2. The number of carboxylic acids is 1. The molecule has 100 valence electrons. The maximum Gasteiger partial charge on any atom is 0.305 e. The summed E-state index contributed by atoms with van der Waals surface area (Å²) >= 11 is 0. The molecule has 2 N–H and O–H groups in total. The van der Waals surface area contributed by atoms with Gasteiger partial charge in [-0.1, -0.05) is 20.8 Å². The molecular weight excluding hydrogens is 222 g/mol. The summed E-state index contributed by atoms with van der Waals surface area (Å²) in [6.07, 6.45) is 0.562. The maximum absolute atomic E-state index is 11.5. The Labute approximate surface area is 103 Å². The first-order valence-corrected chi connectivity index (χ1v) is 5.83. The summed E-state index contributed by atoms with van der Waals surface area (Å²) < 4.78 is 4.97. The van der Waals surface area contributed by atoms with E-state index in [-0.39, 0.29) is 30.4 Å². The minimum atomic E-state index is -0.907. The van der Waals surface area contributed by atoms with Gasteiger partial charge >= 0.3 is 5.97 Å². The molecule has 0 aromatic heterocycles. The Morgan fingerprint density at radius 1 is 1.35 bits per heavy atom. The van der Waals surface area contributed by atoms with Crippen molar-refractivity contribution in [2.24, 2.45) is 5.41 Å². The van der Waals surface area contributed by atoms with Gasteiger partial charge in [0.25, 0.3) is 0 Å². The Kier molecular flexibility index (Phi) is 6.80. The average molecular weight is 245 g/mol. The van der Waals surface area contributed by atoms with Gasteiger partial charge in [-0.3, -0.25) is 9.59 Å². The Morgan fingerprint density at radius 3 is 2.35 bits per heavy atom. The fraction of sp³-hybridized carbons (Fsp3) is 0.833. The lowest BCUT2D eigenvalue weighted by atomic mass is 9.87. The van der Waals surface area contributed by atoms with E-state index in [2.05, 4.69) is 5.32 Å². The lowest BCUT2D eigenvalue weighted by molar-refractivity contribution is -0.138. The van der Waals surface area contributed by atoms with Crippen LogP contribution in [0.4, 0.5) is 0 Å². The van der Waals surface area contributed by atoms with Gasteiger partial charge in [-0.2, -0.15) is 0 Å². The van der Waals surface area contributed by atoms with Gasteiger partial charge in [-0.15, -0.1) is 0 Å². The van der Waals surface area contributed by atoms with Crippen molar-refractivity contribution >= 4 is 11.9 Å². The van der Waals surface area contributed by atoms with E-state index in [9.17, 15) is 9.59 Å². The van der Waals surface area contributed by atoms with Crippen molar-refractivity contribution in [3.63, 3.8) is 0 Å². The molecule has 0 rings (SSSR count). The third-order valence-corrected chi connectivity index (χ3v) is 2.08. The third kappa shape index (κ3) is 9.81. The van der Waals surface area contributed by atoms with Crippen LogP contribution in [0, 0.1) is 5.41 Å². The number of carboxylic acid groups (broad SMARTS) is 1. The molecule has 0 spiro atoms. The number of aliphatic carboxylic acids is 1. The van der Waals surface area contributed by atoms with Gasteiger partial charge < -0.3 is 15.2 Å². The van der Waals surface area contributed by atoms with E-state index in [1.54, 1.807) is 6.92 Å². The summed E-state index contributed by atoms with van der Waals surface area (Å²) in [7, 11) is 0. The molecule has 1 unspecified atom stereocenters. The molecule has 0 bridgehead atoms. The lowest BCUT2D eigenvalue weighted by Gasteiger charge is -2.25. The normalized spacial score (nSPS) is 13.2. The molecule has 0 radical (unpaired) electrons. The largest absolute Gasteiger partial charge is 0.481 e. The zero-order chi connectivity index (χ0) is 13.5. The Morgan fingerprint density at radius 2 is 1.94 bits per heavy atom. The molecule has 17 heavy (non-hydrogen) atoms. The molecule has 0 aromatic carbocycles. The SMILES string of the molecule is CCOCC(=O)NC(CC(=O)O)CC(C)(C)C. The minimum Gasteiger partial charge on any atom is -0.481 e. The van der Waals surface area contributed by atoms with Gasteiger partial charge in [-0.05, 0) is 18.8 Å². The Balaban J connectivity index is 4.28. The molecule has 0 saturated carbocycles. The lowest BCUT2D eigenvalue weighted by Crippen LogP contribution is -2.40. The minimum absolute atomic E-state index is 0.0171. The first-order valence-electron chi connectivity index (χ1n) is 5.83. The van der Waals surface area contributed by atoms with Crippen LogP contribution in [0.3, 0.4) is 0 Å². The molecule has 0 aliphatic rings. The van der Waals surface area contributed by atoms with E-state index in [0.29, 0.717) is 13.0 Å². The van der Waals surface area contributed by atoms with Gasteiger partial charge in [0.15, 0.2) is 0 Å². The molecule has 5 nitrogen and oxygen atoms in total. The number of ether oxygens (including phenoxy) is 1. The first-order chi connectivity index (χ1) is 7.74. The second-order valence-electron chi connectivity index (χ2n) is 5.26. The number of rotatable bonds is 7. The molecule has 0 aromatic rings. The van der Waals surface area contributed by atoms with Crippen molar-refractivity contribution in [2.45, 2.75) is 46.6 Å². The second kappa shape index (κ2) is 7.27. The van der Waals surface area contributed by atoms with Crippen LogP contribution >= 0.6 is 0 Å². The molecule has 5 heteroatoms. The standard InChI is InChI=1S/C12H23NO4/c1-5-17-8-10(14)13-9(6-11(15)16)7-12(2,3)4/h9H,5-8H2,1-4H3,(H,13,14)(H,15,16). The smallest absolute Gasteiger partial charge is 0.305 e. The van der Waals surface area contributed by atoms with Crippen LogP contribution in [0.25, 0.3) is 0 Å². The zero-order valence-electron chi connectivity index (χ0n) is 11.1. The van der Waals surface area contributed by atoms with Crippen molar-refractivity contribution in [1.82, 2.24) is 5.32 Å². The topological polar surface area (TPSA) is 75.6 Å². The molecule has 1 amide bonds. The number of hydrogen-bond acceptors (Lipinski definition) is 3. The van der Waals surface area contributed by atoms with Crippen molar-refractivity contribution in [2.75, 3.05) is 13.2 Å². The summed E-state index contributed by atoms with van der Waals surface area (Å²) in [4.78, 5) is 22.2. The summed E-state index contributed by atoms with van der Waals surface area (Å²) in [6.45, 7) is 8.29. The highest BCUT2D eigenvalue weighted by molar-refractivity contribution is 5.78. The van der Waals surface area contributed by atoms with Crippen molar-refractivity contribution < 1.29 is 19.4 Å². The van der Waals surface area contributed by atoms with Crippen LogP contribution < -0.4 is 5.32 Å². The van der Waals surface area contributed by atoms with Gasteiger partial charge in [0.05, 0.1) is 6.42 Å². The average Bonchev–Trinajstić information content (AvgIpc) is 2.10. The highest BCUT2D eigenvalue weighted by Crippen LogP contribution is 2.22. The zero-order valence-corrected chi connectivity index (χ0v) is 11.1. The molecule has 0 saturated heterocycles. The molecule has 0 aliphatic heterocycles. The summed E-state index contributed by atoms with van der Waals surface area (Å²) in [5, 5.41) is 11.5. The Bertz CT molecular complexity index is 258. The monoisotopic (exact) mass is 245 g/mol. The number of carbonyl (C=O) groups is 2. The first kappa shape index (κ1) is 15.9. The van der Waals surface area contributed by atoms with Gasteiger partial charge in [0, 0.05) is 12.6 Å². The third-order valence-electron chi connectivity index (χ3n) is 2.08. The quantitative estimate of drug-likeness (QED) is 0.711. The van der Waals surface area contributed by atoms with E-state index in [0.717, 1.165) is 0 Å². The van der Waals surface area contributed by atoms with Crippen molar-refractivity contribution in [3.8, 4) is 0 Å². The van der Waals surface area contributed by atoms with Crippen LogP contribution in [-0.2, 0) is 14.3 Å². The fourth-order valence-corrected chi connectivity index (χ4v) is 1.59. The molecular formula is C12H23NO4. The summed E-state index contributed by atoms with van der Waals surface area (Å²) in [5.41, 5.74) is -0.0288. The molecule has 0 fully saturated rings. The van der Waals surface area contributed by atoms with E-state index in [4.69, 9.17) is 9.84 Å². The van der Waals surface area contributed by atoms with Crippen LogP contribution in [0.5, 0.6) is 0 Å². The maximum atomic E-state index is 11.5. The molecule has 0 heterocycles. The van der Waals surface area contributed by atoms with Crippen molar-refractivity contribution in [3.05, 3.63) is 0 Å².